The summed E-state index contributed by atoms with van der Waals surface area (Å²) in [5, 5.41) is 0. The van der Waals surface area contributed by atoms with Crippen molar-refractivity contribution in [2.24, 2.45) is 11.8 Å². The third-order valence-corrected chi connectivity index (χ3v) is 8.33. The Hall–Kier alpha value is -3.17. The van der Waals surface area contributed by atoms with Crippen molar-refractivity contribution in [2.45, 2.75) is 44.2 Å². The minimum absolute atomic E-state index is 0.0842. The Bertz CT molecular complexity index is 1360. The number of aromatic nitrogens is 2. The zero-order valence-electron chi connectivity index (χ0n) is 20.9. The lowest BCUT2D eigenvalue weighted by atomic mass is 10.0. The number of benzene rings is 1. The number of carbonyl (C=O) groups is 1. The van der Waals surface area contributed by atoms with Crippen LogP contribution in [0.15, 0.2) is 39.7 Å². The number of pyridine rings is 1. The molecule has 3 saturated heterocycles. The average molecular weight is 505 g/mol. The molecule has 2 unspecified atom stereocenters. The van der Waals surface area contributed by atoms with Gasteiger partial charge in [-0.2, -0.15) is 0 Å². The van der Waals surface area contributed by atoms with Crippen molar-refractivity contribution in [1.82, 2.24) is 19.8 Å². The largest absolute Gasteiger partial charge is 0.474 e. The zero-order valence-corrected chi connectivity index (χ0v) is 20.9. The number of amides is 1. The van der Waals surface area contributed by atoms with Crippen LogP contribution in [0.25, 0.3) is 11.1 Å². The number of oxazole rings is 1. The fourth-order valence-corrected chi connectivity index (χ4v) is 6.24. The van der Waals surface area contributed by atoms with Gasteiger partial charge in [0, 0.05) is 57.3 Å². The molecule has 0 radical (unpaired) electrons. The number of nitrogens with zero attached hydrogens (tertiary/aromatic N) is 3. The maximum absolute atomic E-state index is 13.4. The van der Waals surface area contributed by atoms with Gasteiger partial charge in [-0.3, -0.25) is 14.7 Å². The van der Waals surface area contributed by atoms with E-state index in [0.29, 0.717) is 34.8 Å². The monoisotopic (exact) mass is 504 g/mol. The normalized spacial score (nSPS) is 24.6. The van der Waals surface area contributed by atoms with Crippen molar-refractivity contribution in [3.8, 4) is 5.88 Å². The van der Waals surface area contributed by atoms with E-state index in [4.69, 9.17) is 13.9 Å². The quantitative estimate of drug-likeness (QED) is 0.550. The van der Waals surface area contributed by atoms with Crippen LogP contribution < -0.4 is 10.5 Å². The molecule has 0 bridgehead atoms. The number of likely N-dealkylation sites (tertiary alicyclic amines) is 2. The molecule has 3 aromatic rings. The summed E-state index contributed by atoms with van der Waals surface area (Å²) in [7, 11) is 0. The number of rotatable bonds is 6. The lowest BCUT2D eigenvalue weighted by Gasteiger charge is -2.24. The van der Waals surface area contributed by atoms with Crippen molar-refractivity contribution in [3.05, 3.63) is 57.7 Å². The van der Waals surface area contributed by atoms with E-state index in [2.05, 4.69) is 14.9 Å². The van der Waals surface area contributed by atoms with Crippen LogP contribution in [0, 0.1) is 11.8 Å². The molecule has 1 aliphatic carbocycles. The Labute approximate surface area is 214 Å². The van der Waals surface area contributed by atoms with Gasteiger partial charge in [0.15, 0.2) is 5.58 Å². The Morgan fingerprint density at radius 2 is 1.84 bits per heavy atom. The van der Waals surface area contributed by atoms with E-state index in [-0.39, 0.29) is 12.0 Å². The molecule has 7 rings (SSSR count). The summed E-state index contributed by atoms with van der Waals surface area (Å²) in [5.74, 6) is 1.78. The molecule has 2 aromatic heterocycles. The SMILES string of the molecule is O=C(c1cnc(OC2CCOCC2)c(C2CC2)c1)N1CC2CN(Cc3ccc4[nH]c(=O)oc4c3)CC2C1. The molecule has 1 amide bonds. The minimum Gasteiger partial charge on any atom is -0.474 e. The molecule has 5 heterocycles. The van der Waals surface area contributed by atoms with Crippen LogP contribution in [0.5, 0.6) is 5.88 Å². The van der Waals surface area contributed by atoms with Crippen molar-refractivity contribution in [1.29, 1.82) is 0 Å². The number of hydrogen-bond acceptors (Lipinski definition) is 7. The van der Waals surface area contributed by atoms with Crippen LogP contribution in [0.1, 0.15) is 53.1 Å². The highest BCUT2D eigenvalue weighted by Crippen LogP contribution is 2.44. The topological polar surface area (TPSA) is 101 Å². The van der Waals surface area contributed by atoms with Gasteiger partial charge >= 0.3 is 5.76 Å². The highest BCUT2D eigenvalue weighted by molar-refractivity contribution is 5.94. The molecule has 9 heteroatoms. The van der Waals surface area contributed by atoms with Crippen molar-refractivity contribution in [3.63, 3.8) is 0 Å². The lowest BCUT2D eigenvalue weighted by Crippen LogP contribution is -2.33. The summed E-state index contributed by atoms with van der Waals surface area (Å²) in [4.78, 5) is 36.7. The Morgan fingerprint density at radius 3 is 2.59 bits per heavy atom. The molecule has 3 aliphatic heterocycles. The van der Waals surface area contributed by atoms with Gasteiger partial charge in [0.25, 0.3) is 5.91 Å². The molecule has 1 saturated carbocycles. The lowest BCUT2D eigenvalue weighted by molar-refractivity contribution is 0.0233. The molecule has 1 N–H and O–H groups in total. The van der Waals surface area contributed by atoms with Gasteiger partial charge in [-0.15, -0.1) is 0 Å². The van der Waals surface area contributed by atoms with E-state index >= 15 is 0 Å². The summed E-state index contributed by atoms with van der Waals surface area (Å²) in [6, 6.07) is 7.92. The molecular weight excluding hydrogens is 472 g/mol. The summed E-state index contributed by atoms with van der Waals surface area (Å²) in [5.41, 5.74) is 4.23. The Morgan fingerprint density at radius 1 is 1.05 bits per heavy atom. The van der Waals surface area contributed by atoms with E-state index in [1.165, 1.54) is 0 Å². The molecule has 9 nitrogen and oxygen atoms in total. The van der Waals surface area contributed by atoms with Crippen LogP contribution in [0.4, 0.5) is 0 Å². The van der Waals surface area contributed by atoms with Crippen LogP contribution in [-0.4, -0.2) is 71.2 Å². The van der Waals surface area contributed by atoms with Gasteiger partial charge in [0.1, 0.15) is 6.10 Å². The first-order valence-corrected chi connectivity index (χ1v) is 13.5. The van der Waals surface area contributed by atoms with Gasteiger partial charge in [-0.1, -0.05) is 6.07 Å². The predicted molar refractivity (Wildman–Crippen MR) is 136 cm³/mol. The van der Waals surface area contributed by atoms with E-state index in [9.17, 15) is 9.59 Å². The third-order valence-electron chi connectivity index (χ3n) is 8.33. The number of hydrogen-bond donors (Lipinski definition) is 1. The average Bonchev–Trinajstić information content (AvgIpc) is 3.42. The first kappa shape index (κ1) is 23.0. The number of fused-ring (bicyclic) bond motifs is 2. The van der Waals surface area contributed by atoms with E-state index in [0.717, 1.165) is 88.3 Å². The molecule has 2 atom stereocenters. The smallest absolute Gasteiger partial charge is 0.417 e. The van der Waals surface area contributed by atoms with E-state index < -0.39 is 5.76 Å². The van der Waals surface area contributed by atoms with Crippen LogP contribution in [0.3, 0.4) is 0 Å². The second-order valence-electron chi connectivity index (χ2n) is 11.1. The van der Waals surface area contributed by atoms with Gasteiger partial charge in [-0.25, -0.2) is 9.78 Å². The first-order valence-electron chi connectivity index (χ1n) is 13.5. The molecule has 4 aliphatic rings. The van der Waals surface area contributed by atoms with Crippen LogP contribution in [-0.2, 0) is 11.3 Å². The molecule has 1 aromatic carbocycles. The number of ether oxygens (including phenoxy) is 2. The fraction of sp³-hybridized carbons (Fsp3) is 0.536. The maximum Gasteiger partial charge on any atom is 0.417 e. The van der Waals surface area contributed by atoms with Crippen molar-refractivity contribution >= 4 is 17.0 Å². The minimum atomic E-state index is -0.423. The third kappa shape index (κ3) is 4.66. The number of nitrogens with one attached hydrogen (secondary N) is 1. The standard InChI is InChI=1S/C28H32N4O5/c33-27(19-10-23(18-2-3-18)26(29-11-19)36-22-5-7-35-8-6-22)32-15-20-13-31(14-21(20)16-32)12-17-1-4-24-25(9-17)37-28(34)30-24/h1,4,9-11,18,20-22H,2-3,5-8,12-16H2,(H,30,34). The zero-order chi connectivity index (χ0) is 24.9. The van der Waals surface area contributed by atoms with Gasteiger partial charge in [0.2, 0.25) is 5.88 Å². The predicted octanol–water partition coefficient (Wildman–Crippen LogP) is 3.16. The molecule has 4 fully saturated rings. The number of carbonyl (C=O) groups excluding carboxylic acids is 1. The summed E-state index contributed by atoms with van der Waals surface area (Å²) < 4.78 is 16.9. The Kier molecular flexibility index (Phi) is 5.77. The Balaban J connectivity index is 0.990. The number of H-pyrrole nitrogens is 1. The van der Waals surface area contributed by atoms with Crippen molar-refractivity contribution in [2.75, 3.05) is 39.4 Å². The van der Waals surface area contributed by atoms with E-state index in [1.807, 2.05) is 29.2 Å². The molecule has 194 valence electrons. The highest BCUT2D eigenvalue weighted by Gasteiger charge is 2.42. The van der Waals surface area contributed by atoms with Gasteiger partial charge in [-0.05, 0) is 54.4 Å². The summed E-state index contributed by atoms with van der Waals surface area (Å²) in [6.45, 7) is 5.77. The molecule has 0 spiro atoms. The van der Waals surface area contributed by atoms with Gasteiger partial charge in [0.05, 0.1) is 24.3 Å². The fourth-order valence-electron chi connectivity index (χ4n) is 6.24. The second-order valence-corrected chi connectivity index (χ2v) is 11.1. The summed E-state index contributed by atoms with van der Waals surface area (Å²) >= 11 is 0. The highest BCUT2D eigenvalue weighted by atomic mass is 16.5. The summed E-state index contributed by atoms with van der Waals surface area (Å²) in [6.07, 6.45) is 5.89. The maximum atomic E-state index is 13.4. The van der Waals surface area contributed by atoms with Gasteiger partial charge < -0.3 is 18.8 Å². The molecular formula is C28H32N4O5. The van der Waals surface area contributed by atoms with Crippen LogP contribution >= 0.6 is 0 Å². The second kappa shape index (κ2) is 9.29. The van der Waals surface area contributed by atoms with Crippen molar-refractivity contribution < 1.29 is 18.7 Å². The number of aromatic amines is 1. The van der Waals surface area contributed by atoms with E-state index in [1.54, 1.807) is 6.20 Å². The van der Waals surface area contributed by atoms with Crippen LogP contribution in [0.2, 0.25) is 0 Å². The molecule has 37 heavy (non-hydrogen) atoms. The first-order chi connectivity index (χ1) is 18.1.